The van der Waals surface area contributed by atoms with E-state index in [0.717, 1.165) is 11.6 Å². The molecule has 34 nitrogen and oxygen atoms in total. The Bertz CT molecular complexity index is 3300. The molecule has 0 radical (unpaired) electrons. The zero-order chi connectivity index (χ0) is 78.6. The zero-order valence-corrected chi connectivity index (χ0v) is 61.7. The van der Waals surface area contributed by atoms with Crippen LogP contribution in [-0.2, 0) is 71.2 Å². The van der Waals surface area contributed by atoms with Crippen LogP contribution in [0, 0.1) is 50.2 Å². The highest BCUT2D eigenvalue weighted by atomic mass is 16.8. The Morgan fingerprint density at radius 2 is 1.06 bits per heavy atom. The van der Waals surface area contributed by atoms with Gasteiger partial charge in [0.25, 0.3) is 0 Å². The summed E-state index contributed by atoms with van der Waals surface area (Å²) in [5.74, 6) is -2.62. The normalized spacial score (nSPS) is 50.1. The van der Waals surface area contributed by atoms with E-state index in [1.165, 1.54) is 37.3 Å². The Morgan fingerprint density at radius 1 is 0.519 bits per heavy atom. The number of carbonyl (C=O) groups excluding carboxylic acids is 2. The van der Waals surface area contributed by atoms with E-state index in [1.807, 2.05) is 0 Å². The van der Waals surface area contributed by atoms with Gasteiger partial charge >= 0.3 is 11.9 Å². The Balaban J connectivity index is 0.748. The zero-order valence-electron chi connectivity index (χ0n) is 61.7. The summed E-state index contributed by atoms with van der Waals surface area (Å²) in [5.41, 5.74) is -2.84. The molecule has 6 aliphatic heterocycles. The molecule has 34 heteroatoms. The van der Waals surface area contributed by atoms with Gasteiger partial charge in [-0.1, -0.05) is 72.2 Å². The lowest BCUT2D eigenvalue weighted by molar-refractivity contribution is -0.389. The average Bonchev–Trinajstić information content (AvgIpc) is 0.670. The van der Waals surface area contributed by atoms with Gasteiger partial charge in [0, 0.05) is 6.08 Å². The van der Waals surface area contributed by atoms with Crippen LogP contribution in [0.2, 0.25) is 0 Å². The summed E-state index contributed by atoms with van der Waals surface area (Å²) >= 11 is 0. The van der Waals surface area contributed by atoms with E-state index in [2.05, 4.69) is 54.5 Å². The van der Waals surface area contributed by atoms with Crippen molar-refractivity contribution >= 4 is 18.0 Å². The van der Waals surface area contributed by atoms with Crippen LogP contribution < -0.4 is 0 Å². The number of hydrogen-bond donors (Lipinski definition) is 19. The number of ether oxygens (including phenoxy) is 13. The topological polar surface area (TPSA) is 539 Å². The second-order valence-electron chi connectivity index (χ2n) is 33.9. The average molecular weight is 1550 g/mol. The number of hydrogen-bond acceptors (Lipinski definition) is 34. The van der Waals surface area contributed by atoms with Crippen molar-refractivity contribution in [3.8, 4) is 5.75 Å². The molecule has 0 unspecified atom stereocenters. The van der Waals surface area contributed by atoms with E-state index in [4.69, 9.17) is 61.6 Å². The quantitative estimate of drug-likeness (QED) is 0.0274. The first-order chi connectivity index (χ1) is 50.8. The number of carbonyl (C=O) groups is 2. The number of fused-ring (bicyclic) bond motifs is 7. The molecule has 5 aliphatic carbocycles. The molecule has 1 aromatic carbocycles. The summed E-state index contributed by atoms with van der Waals surface area (Å²) in [4.78, 5) is 28.5. The number of aromatic hydroxyl groups is 1. The number of rotatable bonds is 19. The second kappa shape index (κ2) is 32.2. The summed E-state index contributed by atoms with van der Waals surface area (Å²) in [6, 6.07) is 5.84. The van der Waals surface area contributed by atoms with Crippen LogP contribution in [0.5, 0.6) is 5.75 Å². The number of allylic oxidation sites excluding steroid dienone is 2. The maximum atomic E-state index is 15.5. The lowest BCUT2D eigenvalue weighted by atomic mass is 9.33. The van der Waals surface area contributed by atoms with Crippen LogP contribution in [0.1, 0.15) is 119 Å². The predicted molar refractivity (Wildman–Crippen MR) is 363 cm³/mol. The Kier molecular flexibility index (Phi) is 24.9. The van der Waals surface area contributed by atoms with E-state index < -0.39 is 268 Å². The molecule has 11 aliphatic rings. The molecule has 0 aromatic heterocycles. The maximum Gasteiger partial charge on any atom is 0.331 e. The van der Waals surface area contributed by atoms with Gasteiger partial charge < -0.3 is 159 Å². The van der Waals surface area contributed by atoms with Crippen molar-refractivity contribution in [2.24, 2.45) is 50.2 Å². The summed E-state index contributed by atoms with van der Waals surface area (Å²) < 4.78 is 78.2. The number of esters is 2. The van der Waals surface area contributed by atoms with Crippen LogP contribution in [0.25, 0.3) is 6.08 Å². The Hall–Kier alpha value is -3.72. The molecule has 6 saturated heterocycles. The highest BCUT2D eigenvalue weighted by molar-refractivity contribution is 5.87. The summed E-state index contributed by atoms with van der Waals surface area (Å²) in [7, 11) is 0. The van der Waals surface area contributed by atoms with Gasteiger partial charge in [0.2, 0.25) is 6.29 Å². The highest BCUT2D eigenvalue weighted by Crippen LogP contribution is 2.76. The van der Waals surface area contributed by atoms with Gasteiger partial charge in [-0.05, 0) is 133 Å². The minimum Gasteiger partial charge on any atom is -0.508 e. The monoisotopic (exact) mass is 1540 g/mol. The molecule has 12 rings (SSSR count). The standard InChI is InChI=1S/C74H112O34/c1-30-45(82)48(85)53(90)63(98-30)106-60-38(27-77)100-62(56(93)51(60)88)97-29-39-47(84)50(87)55(92)66(102-39)108-68(95)74-22-21-69(2,3)23-34(74)33-14-15-41-71(6)19-18-43(70(4,5)40(71)17-20-72(41,7)73(33,8)24-42(74)80)103-67-61(107-64-54(91)49(86)46(83)36(25-75)99-64)58(35(79)28-96-67)105-65-57(94)52(89)59(37(26-76)101-65)104-44(81)16-11-31-9-12-32(78)13-10-31/h9-14,16,30,34-43,45-67,75-80,82-94H,15,17-29H2,1-8H3/b16-11+/t30-,34-,35-,36-,37-,38-,39-,40-,41+,42+,43+,45-,46+,47+,48+,49-,50-,51+,52+,53-,54+,55+,56+,57+,58+,59+,60+,61-,62+,63-,64-,65-,66-,67+,71-,72+,73+,74+/m0/s1. The molecule has 0 spiro atoms. The molecule has 108 heavy (non-hydrogen) atoms. The van der Waals surface area contributed by atoms with Crippen LogP contribution in [0.4, 0.5) is 0 Å². The van der Waals surface area contributed by atoms with Crippen molar-refractivity contribution in [2.75, 3.05) is 33.0 Å². The van der Waals surface area contributed by atoms with E-state index in [0.29, 0.717) is 50.5 Å². The van der Waals surface area contributed by atoms with Crippen molar-refractivity contribution in [3.63, 3.8) is 0 Å². The molecule has 4 saturated carbocycles. The molecular weight excluding hydrogens is 1430 g/mol. The highest BCUT2D eigenvalue weighted by Gasteiger charge is 2.73. The van der Waals surface area contributed by atoms with E-state index in [9.17, 15) is 102 Å². The lowest BCUT2D eigenvalue weighted by Gasteiger charge is -2.71. The fourth-order valence-electron chi connectivity index (χ4n) is 20.2. The fourth-order valence-corrected chi connectivity index (χ4v) is 20.2. The van der Waals surface area contributed by atoms with Gasteiger partial charge in [-0.2, -0.15) is 0 Å². The first kappa shape index (κ1) is 83.7. The van der Waals surface area contributed by atoms with Gasteiger partial charge in [0.1, 0.15) is 139 Å². The molecule has 10 fully saturated rings. The van der Waals surface area contributed by atoms with Crippen LogP contribution in [0.15, 0.2) is 42.0 Å². The molecule has 612 valence electrons. The van der Waals surface area contributed by atoms with Crippen molar-refractivity contribution < 1.29 is 168 Å². The Morgan fingerprint density at radius 3 is 1.72 bits per heavy atom. The molecule has 38 atom stereocenters. The number of phenolic OH excluding ortho intramolecular Hbond substituents is 1. The first-order valence-corrected chi connectivity index (χ1v) is 37.6. The van der Waals surface area contributed by atoms with Crippen LogP contribution in [-0.4, -0.2) is 332 Å². The van der Waals surface area contributed by atoms with Crippen molar-refractivity contribution in [2.45, 2.75) is 304 Å². The molecule has 1 aromatic rings. The number of aliphatic hydroxyl groups excluding tert-OH is 18. The predicted octanol–water partition coefficient (Wildman–Crippen LogP) is -3.78. The van der Waals surface area contributed by atoms with Crippen LogP contribution in [0.3, 0.4) is 0 Å². The molecular formula is C74H112O34. The van der Waals surface area contributed by atoms with Gasteiger partial charge in [-0.25, -0.2) is 4.79 Å². The molecule has 6 heterocycles. The molecule has 19 N–H and O–H groups in total. The summed E-state index contributed by atoms with van der Waals surface area (Å²) in [6.45, 7) is 12.7. The summed E-state index contributed by atoms with van der Waals surface area (Å²) in [6.07, 6.45) is -43.7. The minimum atomic E-state index is -2.03. The number of benzene rings is 1. The Labute approximate surface area is 624 Å². The van der Waals surface area contributed by atoms with Gasteiger partial charge in [-0.3, -0.25) is 4.79 Å². The lowest BCUT2D eigenvalue weighted by Crippen LogP contribution is -2.68. The van der Waals surface area contributed by atoms with Crippen molar-refractivity contribution in [1.82, 2.24) is 0 Å². The molecule has 0 amide bonds. The largest absolute Gasteiger partial charge is 0.508 e. The number of phenols is 1. The number of aliphatic hydroxyl groups is 18. The third-order valence-electron chi connectivity index (χ3n) is 26.7. The maximum absolute atomic E-state index is 15.5. The summed E-state index contributed by atoms with van der Waals surface area (Å²) in [5, 5.41) is 210. The van der Waals surface area contributed by atoms with Gasteiger partial charge in [0.15, 0.2) is 37.6 Å². The first-order valence-electron chi connectivity index (χ1n) is 37.6. The smallest absolute Gasteiger partial charge is 0.331 e. The fraction of sp³-hybridized carbons (Fsp3) is 0.838. The second-order valence-corrected chi connectivity index (χ2v) is 33.9. The van der Waals surface area contributed by atoms with Crippen LogP contribution >= 0.6 is 0 Å². The third kappa shape index (κ3) is 15.0. The molecule has 0 bridgehead atoms. The van der Waals surface area contributed by atoms with Gasteiger partial charge in [0.05, 0.1) is 51.3 Å². The van der Waals surface area contributed by atoms with Crippen molar-refractivity contribution in [3.05, 3.63) is 47.6 Å². The minimum absolute atomic E-state index is 0.00925. The van der Waals surface area contributed by atoms with E-state index >= 15 is 4.79 Å². The van der Waals surface area contributed by atoms with E-state index in [1.54, 1.807) is 0 Å². The third-order valence-corrected chi connectivity index (χ3v) is 26.7. The SMILES string of the molecule is C[C@@H]1O[C@@H](O[C@H]2[C@H](O)[C@@H](O)[C@H](OC[C@@H]3O[C@@H](OC(=O)[C@]45CCC(C)(C)C[C@H]4C4=CC[C@@H]6[C@@]7(C)CC[C@@H](O[C@H]8OC[C@H](O)[C@@H](O[C@@H]9O[C@@H](CO)[C@@H](OC(=O)/C=C/c%10ccc(O)cc%10)[C@H](O)[C@H]9O)[C@@H]8O[C@@H]8O[C@@H](CO)[C@@H](O)[C@H](O)[C@H]8O)C(C)(C)[C@@H]7CC[C@@]6(C)[C@]4(C)C[C@H]5O)[C@H](O)[C@@H](O)[C@@H]3O)O[C@H]2CO)[C@@H](O)[C@H](O)[C@H]1O. The van der Waals surface area contributed by atoms with Crippen molar-refractivity contribution in [1.29, 1.82) is 0 Å². The van der Waals surface area contributed by atoms with Gasteiger partial charge in [-0.15, -0.1) is 0 Å². The van der Waals surface area contributed by atoms with E-state index in [-0.39, 0.29) is 35.8 Å².